The topological polar surface area (TPSA) is 78.7 Å². The van der Waals surface area contributed by atoms with Crippen molar-refractivity contribution in [1.82, 2.24) is 10.4 Å². The molecule has 0 unspecified atom stereocenters. The van der Waals surface area contributed by atoms with Crippen molar-refractivity contribution in [3.05, 3.63) is 82.1 Å². The smallest absolute Gasteiger partial charge is 0.275 e. The van der Waals surface area contributed by atoms with Crippen LogP contribution in [-0.2, 0) is 6.54 Å². The number of carbonyl (C=O) groups excluding carboxylic acids is 1. The minimum atomic E-state index is -0.396. The lowest BCUT2D eigenvalue weighted by Gasteiger charge is -2.08. The number of hydrazone groups is 1. The Bertz CT molecular complexity index is 955. The number of hydrogen-bond acceptors (Lipinski definition) is 5. The van der Waals surface area contributed by atoms with Gasteiger partial charge in [-0.25, -0.2) is 9.37 Å². The van der Waals surface area contributed by atoms with Gasteiger partial charge in [0.15, 0.2) is 5.84 Å². The number of hydrogen-bond donors (Lipinski definition) is 2. The van der Waals surface area contributed by atoms with E-state index in [1.165, 1.54) is 17.4 Å². The molecule has 0 saturated heterocycles. The van der Waals surface area contributed by atoms with Gasteiger partial charge in [0.2, 0.25) is 0 Å². The SMILES string of the molecule is C=NNC(=NCc1ccc(NC(=O)c2cscn2)cc1)c1ccccc1F.CC. The van der Waals surface area contributed by atoms with E-state index in [2.05, 4.69) is 32.5 Å². The highest BCUT2D eigenvalue weighted by atomic mass is 32.1. The zero-order valence-electron chi connectivity index (χ0n) is 16.2. The fourth-order valence-corrected chi connectivity index (χ4v) is 2.82. The molecule has 0 aliphatic heterocycles. The fourth-order valence-electron chi connectivity index (χ4n) is 2.29. The summed E-state index contributed by atoms with van der Waals surface area (Å²) in [5.41, 5.74) is 6.47. The van der Waals surface area contributed by atoms with Gasteiger partial charge in [-0.1, -0.05) is 38.1 Å². The fraction of sp³-hybridized carbons (Fsp3) is 0.143. The van der Waals surface area contributed by atoms with Crippen LogP contribution in [-0.4, -0.2) is 23.4 Å². The number of benzene rings is 2. The van der Waals surface area contributed by atoms with Crippen LogP contribution in [0.4, 0.5) is 10.1 Å². The van der Waals surface area contributed by atoms with E-state index in [0.29, 0.717) is 29.3 Å². The summed E-state index contributed by atoms with van der Waals surface area (Å²) in [6, 6.07) is 13.5. The zero-order chi connectivity index (χ0) is 21.1. The van der Waals surface area contributed by atoms with Crippen molar-refractivity contribution in [2.24, 2.45) is 10.1 Å². The number of nitrogens with zero attached hydrogens (tertiary/aromatic N) is 3. The third-order valence-electron chi connectivity index (χ3n) is 3.61. The molecule has 0 aliphatic rings. The number of anilines is 1. The van der Waals surface area contributed by atoms with Crippen LogP contribution in [0.3, 0.4) is 0 Å². The van der Waals surface area contributed by atoms with Crippen LogP contribution in [0.5, 0.6) is 0 Å². The molecule has 0 fully saturated rings. The average Bonchev–Trinajstić information content (AvgIpc) is 3.29. The predicted molar refractivity (Wildman–Crippen MR) is 117 cm³/mol. The van der Waals surface area contributed by atoms with E-state index in [4.69, 9.17) is 0 Å². The Hall–Kier alpha value is -3.39. The van der Waals surface area contributed by atoms with E-state index in [0.717, 1.165) is 5.56 Å². The number of halogens is 1. The number of carbonyl (C=O) groups is 1. The van der Waals surface area contributed by atoms with Crippen molar-refractivity contribution in [2.45, 2.75) is 20.4 Å². The summed E-state index contributed by atoms with van der Waals surface area (Å²) >= 11 is 1.36. The lowest BCUT2D eigenvalue weighted by molar-refractivity contribution is 0.102. The lowest BCUT2D eigenvalue weighted by atomic mass is 10.2. The first-order chi connectivity index (χ1) is 14.2. The maximum absolute atomic E-state index is 14.0. The number of amidine groups is 1. The van der Waals surface area contributed by atoms with Gasteiger partial charge in [-0.15, -0.1) is 11.3 Å². The molecule has 29 heavy (non-hydrogen) atoms. The summed E-state index contributed by atoms with van der Waals surface area (Å²) in [6.07, 6.45) is 0. The summed E-state index contributed by atoms with van der Waals surface area (Å²) in [5, 5.41) is 8.04. The van der Waals surface area contributed by atoms with Crippen LogP contribution in [0.25, 0.3) is 0 Å². The Morgan fingerprint density at radius 3 is 2.52 bits per heavy atom. The molecule has 0 radical (unpaired) electrons. The van der Waals surface area contributed by atoms with E-state index >= 15 is 0 Å². The molecule has 6 nitrogen and oxygen atoms in total. The van der Waals surface area contributed by atoms with Crippen LogP contribution in [0.2, 0.25) is 0 Å². The van der Waals surface area contributed by atoms with Crippen molar-refractivity contribution in [3.63, 3.8) is 0 Å². The van der Waals surface area contributed by atoms with E-state index < -0.39 is 5.82 Å². The summed E-state index contributed by atoms with van der Waals surface area (Å²) in [5.74, 6) is -0.360. The first-order valence-corrected chi connectivity index (χ1v) is 9.91. The van der Waals surface area contributed by atoms with Crippen LogP contribution in [0.1, 0.15) is 35.5 Å². The Labute approximate surface area is 173 Å². The number of aliphatic imine (C=N–C) groups is 1. The normalized spacial score (nSPS) is 10.5. The van der Waals surface area contributed by atoms with Gasteiger partial charge in [0.1, 0.15) is 11.5 Å². The van der Waals surface area contributed by atoms with Crippen LogP contribution in [0.15, 0.2) is 69.5 Å². The van der Waals surface area contributed by atoms with Gasteiger partial charge >= 0.3 is 0 Å². The Balaban J connectivity index is 0.00000145. The number of nitrogens with one attached hydrogen (secondary N) is 2. The largest absolute Gasteiger partial charge is 0.321 e. The van der Waals surface area contributed by atoms with Gasteiger partial charge in [0.05, 0.1) is 17.6 Å². The standard InChI is InChI=1S/C19H16FN5OS.C2H6/c1-21-25-18(15-4-2-3-5-16(15)20)22-10-13-6-8-14(9-7-13)24-19(26)17-11-27-12-23-17;1-2/h2-9,11-12H,1,10H2,(H,22,25)(H,24,26);1-2H3. The van der Waals surface area contributed by atoms with Crippen LogP contribution >= 0.6 is 11.3 Å². The van der Waals surface area contributed by atoms with Gasteiger partial charge in [-0.3, -0.25) is 15.2 Å². The number of thiazole rings is 1. The second-order valence-electron chi connectivity index (χ2n) is 5.44. The average molecular weight is 412 g/mol. The summed E-state index contributed by atoms with van der Waals surface area (Å²) in [6.45, 7) is 7.67. The highest BCUT2D eigenvalue weighted by molar-refractivity contribution is 7.07. The quantitative estimate of drug-likeness (QED) is 0.350. The highest BCUT2D eigenvalue weighted by Gasteiger charge is 2.09. The molecule has 0 saturated carbocycles. The molecule has 1 amide bonds. The Kier molecular flexibility index (Phi) is 8.65. The molecule has 2 aromatic carbocycles. The summed E-state index contributed by atoms with van der Waals surface area (Å²) in [7, 11) is 0. The van der Waals surface area contributed by atoms with Gasteiger partial charge < -0.3 is 5.32 Å². The molecule has 1 heterocycles. The maximum atomic E-state index is 14.0. The molecular weight excluding hydrogens is 389 g/mol. The monoisotopic (exact) mass is 411 g/mol. The third kappa shape index (κ3) is 6.32. The van der Waals surface area contributed by atoms with Gasteiger partial charge in [0.25, 0.3) is 5.91 Å². The first-order valence-electron chi connectivity index (χ1n) is 8.97. The minimum absolute atomic E-state index is 0.259. The molecule has 0 bridgehead atoms. The molecule has 150 valence electrons. The van der Waals surface area contributed by atoms with E-state index in [9.17, 15) is 9.18 Å². The van der Waals surface area contributed by atoms with Crippen molar-refractivity contribution < 1.29 is 9.18 Å². The van der Waals surface area contributed by atoms with Crippen molar-refractivity contribution in [1.29, 1.82) is 0 Å². The molecule has 0 spiro atoms. The minimum Gasteiger partial charge on any atom is -0.321 e. The number of rotatable bonds is 6. The highest BCUT2D eigenvalue weighted by Crippen LogP contribution is 2.13. The maximum Gasteiger partial charge on any atom is 0.275 e. The zero-order valence-corrected chi connectivity index (χ0v) is 17.0. The molecule has 8 heteroatoms. The third-order valence-corrected chi connectivity index (χ3v) is 4.20. The molecule has 2 N–H and O–H groups in total. The van der Waals surface area contributed by atoms with Gasteiger partial charge in [-0.05, 0) is 29.8 Å². The molecular formula is C21H22FN5OS. The molecule has 3 rings (SSSR count). The number of aromatic nitrogens is 1. The summed E-state index contributed by atoms with van der Waals surface area (Å²) in [4.78, 5) is 20.3. The van der Waals surface area contributed by atoms with E-state index in [-0.39, 0.29) is 5.91 Å². The number of amides is 1. The van der Waals surface area contributed by atoms with Crippen LogP contribution in [0, 0.1) is 5.82 Å². The predicted octanol–water partition coefficient (Wildman–Crippen LogP) is 4.71. The second-order valence-corrected chi connectivity index (χ2v) is 6.16. The molecule has 3 aromatic rings. The first kappa shape index (κ1) is 21.9. The van der Waals surface area contributed by atoms with Crippen molar-refractivity contribution in [2.75, 3.05) is 5.32 Å². The molecule has 0 atom stereocenters. The second kappa shape index (κ2) is 11.5. The van der Waals surface area contributed by atoms with Crippen LogP contribution < -0.4 is 10.7 Å². The van der Waals surface area contributed by atoms with Gasteiger partial charge in [-0.2, -0.15) is 5.10 Å². The van der Waals surface area contributed by atoms with E-state index in [1.807, 2.05) is 26.0 Å². The summed E-state index contributed by atoms with van der Waals surface area (Å²) < 4.78 is 14.0. The Morgan fingerprint density at radius 2 is 1.90 bits per heavy atom. The van der Waals surface area contributed by atoms with Crippen molar-refractivity contribution >= 4 is 35.5 Å². The Morgan fingerprint density at radius 1 is 1.17 bits per heavy atom. The molecule has 1 aromatic heterocycles. The van der Waals surface area contributed by atoms with Crippen molar-refractivity contribution in [3.8, 4) is 0 Å². The lowest BCUT2D eigenvalue weighted by Crippen LogP contribution is -2.20. The van der Waals surface area contributed by atoms with Gasteiger partial charge in [0, 0.05) is 17.8 Å². The van der Waals surface area contributed by atoms with E-state index in [1.54, 1.807) is 41.2 Å². The molecule has 0 aliphatic carbocycles.